The summed E-state index contributed by atoms with van der Waals surface area (Å²) in [6.07, 6.45) is -0.190. The van der Waals surface area contributed by atoms with E-state index in [0.29, 0.717) is 35.0 Å². The Bertz CT molecular complexity index is 1350. The largest absolute Gasteiger partial charge is 0.573 e. The van der Waals surface area contributed by atoms with Crippen LogP contribution >= 0.6 is 0 Å². The molecule has 3 amide bonds. The maximum atomic E-state index is 12.7. The second-order valence-electron chi connectivity index (χ2n) is 9.66. The Labute approximate surface area is 241 Å². The van der Waals surface area contributed by atoms with Gasteiger partial charge in [0.2, 0.25) is 0 Å². The third kappa shape index (κ3) is 9.58. The first-order valence-corrected chi connectivity index (χ1v) is 13.6. The topological polar surface area (TPSA) is 101 Å². The number of ether oxygens (including phenoxy) is 3. The lowest BCUT2D eigenvalue weighted by atomic mass is 10.1. The Morgan fingerprint density at radius 3 is 2.26 bits per heavy atom. The molecule has 1 fully saturated rings. The molecule has 1 aliphatic rings. The summed E-state index contributed by atoms with van der Waals surface area (Å²) in [7, 11) is 1.45. The maximum Gasteiger partial charge on any atom is 0.573 e. The van der Waals surface area contributed by atoms with Gasteiger partial charge in [0.25, 0.3) is 5.91 Å². The number of rotatable bonds is 11. The Morgan fingerprint density at radius 2 is 1.55 bits per heavy atom. The van der Waals surface area contributed by atoms with Gasteiger partial charge in [0.05, 0.1) is 12.7 Å². The molecule has 0 saturated carbocycles. The van der Waals surface area contributed by atoms with Crippen molar-refractivity contribution in [3.8, 4) is 23.0 Å². The highest BCUT2D eigenvalue weighted by atomic mass is 19.4. The summed E-state index contributed by atoms with van der Waals surface area (Å²) in [6, 6.07) is 15.6. The van der Waals surface area contributed by atoms with E-state index in [4.69, 9.17) is 9.47 Å². The van der Waals surface area contributed by atoms with Crippen LogP contribution < -0.4 is 30.2 Å². The van der Waals surface area contributed by atoms with Crippen LogP contribution in [-0.4, -0.2) is 56.5 Å². The number of anilines is 2. The second kappa shape index (κ2) is 14.4. The standard InChI is InChI=1S/C30H33F3N4O5/c1-40-27-19-22(11-14-26(27)28(38)34-15-6-18-37-16-3-2-4-17-37)36-29(39)35-21-9-12-23(13-10-21)41-24-7-5-8-25(20-24)42-30(31,32)33/h5,7-14,19-20H,2-4,6,15-18H2,1H3,(H,34,38)(H2,35,36,39). The second-order valence-corrected chi connectivity index (χ2v) is 9.66. The van der Waals surface area contributed by atoms with E-state index in [-0.39, 0.29) is 11.7 Å². The number of halogens is 3. The zero-order chi connectivity index (χ0) is 30.0. The number of urea groups is 1. The van der Waals surface area contributed by atoms with Crippen LogP contribution in [0, 0.1) is 0 Å². The minimum Gasteiger partial charge on any atom is -0.496 e. The lowest BCUT2D eigenvalue weighted by molar-refractivity contribution is -0.274. The molecule has 1 saturated heterocycles. The van der Waals surface area contributed by atoms with E-state index in [1.54, 1.807) is 42.5 Å². The fraction of sp³-hybridized carbons (Fsp3) is 0.333. The summed E-state index contributed by atoms with van der Waals surface area (Å²) >= 11 is 0. The Hall–Kier alpha value is -4.45. The summed E-state index contributed by atoms with van der Waals surface area (Å²) in [4.78, 5) is 27.7. The molecule has 0 bridgehead atoms. The maximum absolute atomic E-state index is 12.7. The van der Waals surface area contributed by atoms with E-state index >= 15 is 0 Å². The fourth-order valence-electron chi connectivity index (χ4n) is 4.51. The highest BCUT2D eigenvalue weighted by molar-refractivity contribution is 6.01. The Balaban J connectivity index is 1.26. The number of hydrogen-bond acceptors (Lipinski definition) is 6. The summed E-state index contributed by atoms with van der Waals surface area (Å²) in [6.45, 7) is 3.75. The number of methoxy groups -OCH3 is 1. The van der Waals surface area contributed by atoms with Crippen LogP contribution in [0.5, 0.6) is 23.0 Å². The number of benzene rings is 3. The van der Waals surface area contributed by atoms with Crippen molar-refractivity contribution in [1.29, 1.82) is 0 Å². The van der Waals surface area contributed by atoms with Gasteiger partial charge >= 0.3 is 12.4 Å². The van der Waals surface area contributed by atoms with Gasteiger partial charge in [-0.1, -0.05) is 12.5 Å². The van der Waals surface area contributed by atoms with Gasteiger partial charge in [0.1, 0.15) is 23.0 Å². The van der Waals surface area contributed by atoms with Gasteiger partial charge in [-0.2, -0.15) is 0 Å². The summed E-state index contributed by atoms with van der Waals surface area (Å²) in [5.41, 5.74) is 1.24. The predicted molar refractivity (Wildman–Crippen MR) is 153 cm³/mol. The van der Waals surface area contributed by atoms with E-state index in [0.717, 1.165) is 32.1 Å². The molecule has 1 aliphatic heterocycles. The van der Waals surface area contributed by atoms with Crippen molar-refractivity contribution >= 4 is 23.3 Å². The number of carbonyl (C=O) groups excluding carboxylic acids is 2. The molecule has 224 valence electrons. The van der Waals surface area contributed by atoms with Gasteiger partial charge in [0, 0.05) is 30.1 Å². The van der Waals surface area contributed by atoms with Gasteiger partial charge in [-0.05, 0) is 87.4 Å². The highest BCUT2D eigenvalue weighted by Gasteiger charge is 2.31. The average molecular weight is 587 g/mol. The van der Waals surface area contributed by atoms with Crippen molar-refractivity contribution in [2.24, 2.45) is 0 Å². The molecule has 0 unspecified atom stereocenters. The zero-order valence-corrected chi connectivity index (χ0v) is 23.1. The predicted octanol–water partition coefficient (Wildman–Crippen LogP) is 6.64. The van der Waals surface area contributed by atoms with E-state index in [9.17, 15) is 22.8 Å². The molecule has 0 aliphatic carbocycles. The molecule has 1 heterocycles. The molecular formula is C30H33F3N4O5. The van der Waals surface area contributed by atoms with Crippen molar-refractivity contribution in [2.75, 3.05) is 43.9 Å². The minimum absolute atomic E-state index is 0.152. The van der Waals surface area contributed by atoms with Crippen LogP contribution in [0.3, 0.4) is 0 Å². The Morgan fingerprint density at radius 1 is 0.857 bits per heavy atom. The van der Waals surface area contributed by atoms with E-state index in [1.807, 2.05) is 0 Å². The first kappa shape index (κ1) is 30.5. The number of nitrogens with one attached hydrogen (secondary N) is 3. The number of carbonyl (C=O) groups is 2. The lowest BCUT2D eigenvalue weighted by Gasteiger charge is -2.26. The van der Waals surface area contributed by atoms with Crippen LogP contribution in [0.4, 0.5) is 29.3 Å². The van der Waals surface area contributed by atoms with Crippen LogP contribution in [0.2, 0.25) is 0 Å². The van der Waals surface area contributed by atoms with Crippen molar-refractivity contribution in [3.63, 3.8) is 0 Å². The molecule has 42 heavy (non-hydrogen) atoms. The molecule has 0 atom stereocenters. The van der Waals surface area contributed by atoms with Crippen LogP contribution in [0.15, 0.2) is 66.7 Å². The highest BCUT2D eigenvalue weighted by Crippen LogP contribution is 2.29. The van der Waals surface area contributed by atoms with Gasteiger partial charge in [-0.25, -0.2) is 4.79 Å². The first-order chi connectivity index (χ1) is 20.2. The summed E-state index contributed by atoms with van der Waals surface area (Å²) in [5.74, 6) is 0.174. The molecule has 0 spiro atoms. The van der Waals surface area contributed by atoms with Gasteiger partial charge in [0.15, 0.2) is 0 Å². The Kier molecular flexibility index (Phi) is 10.5. The molecule has 3 aromatic rings. The van der Waals surface area contributed by atoms with E-state index in [1.165, 1.54) is 44.6 Å². The van der Waals surface area contributed by atoms with Crippen molar-refractivity contribution in [1.82, 2.24) is 10.2 Å². The normalized spacial score (nSPS) is 13.6. The SMILES string of the molecule is COc1cc(NC(=O)Nc2ccc(Oc3cccc(OC(F)(F)F)c3)cc2)ccc1C(=O)NCCCN1CCCCC1. The first-order valence-electron chi connectivity index (χ1n) is 13.6. The molecular weight excluding hydrogens is 553 g/mol. The van der Waals surface area contributed by atoms with E-state index < -0.39 is 18.1 Å². The zero-order valence-electron chi connectivity index (χ0n) is 23.1. The molecule has 4 rings (SSSR count). The van der Waals surface area contributed by atoms with Gasteiger partial charge < -0.3 is 35.1 Å². The van der Waals surface area contributed by atoms with Crippen molar-refractivity contribution < 1.29 is 37.0 Å². The minimum atomic E-state index is -4.81. The molecule has 0 radical (unpaired) electrons. The molecule has 12 heteroatoms. The summed E-state index contributed by atoms with van der Waals surface area (Å²) in [5, 5.41) is 8.30. The molecule has 3 aromatic carbocycles. The smallest absolute Gasteiger partial charge is 0.496 e. The fourth-order valence-corrected chi connectivity index (χ4v) is 4.51. The number of likely N-dealkylation sites (tertiary alicyclic amines) is 1. The third-order valence-electron chi connectivity index (χ3n) is 6.48. The van der Waals surface area contributed by atoms with Gasteiger partial charge in [-0.15, -0.1) is 13.2 Å². The molecule has 9 nitrogen and oxygen atoms in total. The van der Waals surface area contributed by atoms with Crippen LogP contribution in [0.1, 0.15) is 36.0 Å². The third-order valence-corrected chi connectivity index (χ3v) is 6.48. The van der Waals surface area contributed by atoms with E-state index in [2.05, 4.69) is 25.6 Å². The van der Waals surface area contributed by atoms with Gasteiger partial charge in [-0.3, -0.25) is 4.79 Å². The van der Waals surface area contributed by atoms with Crippen LogP contribution in [-0.2, 0) is 0 Å². The van der Waals surface area contributed by atoms with Crippen molar-refractivity contribution in [2.45, 2.75) is 32.0 Å². The molecule has 3 N–H and O–H groups in total. The number of nitrogens with zero attached hydrogens (tertiary/aromatic N) is 1. The number of hydrogen-bond donors (Lipinski definition) is 3. The summed E-state index contributed by atoms with van der Waals surface area (Å²) < 4.78 is 52.2. The van der Waals surface area contributed by atoms with Crippen LogP contribution in [0.25, 0.3) is 0 Å². The number of alkyl halides is 3. The average Bonchev–Trinajstić information content (AvgIpc) is 2.96. The molecule has 0 aromatic heterocycles. The number of piperidine rings is 1. The quantitative estimate of drug-likeness (QED) is 0.218. The van der Waals surface area contributed by atoms with Crippen molar-refractivity contribution in [3.05, 3.63) is 72.3 Å². The monoisotopic (exact) mass is 586 g/mol. The number of amides is 3. The lowest BCUT2D eigenvalue weighted by Crippen LogP contribution is -2.33.